The standard InChI is InChI=1S/C20H23N3O3/c1-14(20(24)22-17-7-5-6-15(10-17)12-21)23(2)13-16-8-9-18(25-3)19(11-16)26-4/h5-11,14H,13H2,1-4H3,(H,22,24)/t14-/m0/s1. The monoisotopic (exact) mass is 353 g/mol. The van der Waals surface area contributed by atoms with E-state index in [4.69, 9.17) is 14.7 Å². The molecule has 6 heteroatoms. The Morgan fingerprint density at radius 3 is 2.58 bits per heavy atom. The lowest BCUT2D eigenvalue weighted by molar-refractivity contribution is -0.120. The number of ether oxygens (including phenoxy) is 2. The Kier molecular flexibility index (Phi) is 6.59. The van der Waals surface area contributed by atoms with Crippen molar-refractivity contribution in [2.45, 2.75) is 19.5 Å². The van der Waals surface area contributed by atoms with Gasteiger partial charge in [0.1, 0.15) is 0 Å². The van der Waals surface area contributed by atoms with Gasteiger partial charge >= 0.3 is 0 Å². The highest BCUT2D eigenvalue weighted by molar-refractivity contribution is 5.94. The van der Waals surface area contributed by atoms with Gasteiger partial charge in [0, 0.05) is 12.2 Å². The second kappa shape index (κ2) is 8.88. The van der Waals surface area contributed by atoms with Crippen molar-refractivity contribution in [2.75, 3.05) is 26.6 Å². The molecular weight excluding hydrogens is 330 g/mol. The highest BCUT2D eigenvalue weighted by atomic mass is 16.5. The van der Waals surface area contributed by atoms with Crippen molar-refractivity contribution in [3.63, 3.8) is 0 Å². The molecule has 0 aliphatic rings. The van der Waals surface area contributed by atoms with Crippen molar-refractivity contribution in [1.82, 2.24) is 4.90 Å². The zero-order valence-corrected chi connectivity index (χ0v) is 15.4. The van der Waals surface area contributed by atoms with Crippen molar-refractivity contribution in [3.05, 3.63) is 53.6 Å². The summed E-state index contributed by atoms with van der Waals surface area (Å²) < 4.78 is 10.6. The van der Waals surface area contributed by atoms with Crippen molar-refractivity contribution in [1.29, 1.82) is 5.26 Å². The van der Waals surface area contributed by atoms with E-state index < -0.39 is 0 Å². The van der Waals surface area contributed by atoms with E-state index in [9.17, 15) is 4.79 Å². The number of hydrogen-bond acceptors (Lipinski definition) is 5. The SMILES string of the molecule is COc1ccc(CN(C)[C@@H](C)C(=O)Nc2cccc(C#N)c2)cc1OC. The van der Waals surface area contributed by atoms with Crippen LogP contribution in [0.3, 0.4) is 0 Å². The van der Waals surface area contributed by atoms with E-state index in [0.29, 0.717) is 29.3 Å². The van der Waals surface area contributed by atoms with Crippen LogP contribution in [-0.4, -0.2) is 38.1 Å². The van der Waals surface area contributed by atoms with Gasteiger partial charge in [-0.2, -0.15) is 5.26 Å². The van der Waals surface area contributed by atoms with Gasteiger partial charge in [-0.1, -0.05) is 12.1 Å². The molecule has 0 spiro atoms. The number of nitrogens with zero attached hydrogens (tertiary/aromatic N) is 2. The Bertz CT molecular complexity index is 814. The summed E-state index contributed by atoms with van der Waals surface area (Å²) in [4.78, 5) is 14.4. The van der Waals surface area contributed by atoms with Crippen molar-refractivity contribution in [2.24, 2.45) is 0 Å². The summed E-state index contributed by atoms with van der Waals surface area (Å²) in [7, 11) is 5.07. The van der Waals surface area contributed by atoms with Crippen LogP contribution in [0, 0.1) is 11.3 Å². The molecule has 0 fully saturated rings. The van der Waals surface area contributed by atoms with Crippen LogP contribution in [0.2, 0.25) is 0 Å². The molecule has 0 heterocycles. The van der Waals surface area contributed by atoms with E-state index in [0.717, 1.165) is 5.56 Å². The molecule has 0 aromatic heterocycles. The van der Waals surface area contributed by atoms with E-state index in [1.165, 1.54) is 0 Å². The molecular formula is C20H23N3O3. The summed E-state index contributed by atoms with van der Waals surface area (Å²) in [6.45, 7) is 2.41. The number of hydrogen-bond donors (Lipinski definition) is 1. The zero-order chi connectivity index (χ0) is 19.1. The molecule has 0 aliphatic heterocycles. The second-order valence-corrected chi connectivity index (χ2v) is 5.96. The van der Waals surface area contributed by atoms with E-state index in [1.54, 1.807) is 38.5 Å². The van der Waals surface area contributed by atoms with Gasteiger partial charge < -0.3 is 14.8 Å². The number of amides is 1. The van der Waals surface area contributed by atoms with E-state index >= 15 is 0 Å². The molecule has 0 saturated heterocycles. The number of carbonyl (C=O) groups is 1. The molecule has 0 aliphatic carbocycles. The Hall–Kier alpha value is -3.04. The zero-order valence-electron chi connectivity index (χ0n) is 15.4. The third-order valence-corrected chi connectivity index (χ3v) is 4.18. The first-order chi connectivity index (χ1) is 12.5. The molecule has 1 atom stereocenters. The Balaban J connectivity index is 2.03. The van der Waals surface area contributed by atoms with Gasteiger partial charge in [-0.05, 0) is 49.9 Å². The molecule has 2 aromatic rings. The number of rotatable bonds is 7. The minimum atomic E-state index is -0.353. The lowest BCUT2D eigenvalue weighted by Crippen LogP contribution is -2.39. The molecule has 0 bridgehead atoms. The fourth-order valence-electron chi connectivity index (χ4n) is 2.52. The highest BCUT2D eigenvalue weighted by Crippen LogP contribution is 2.28. The molecule has 1 amide bonds. The first-order valence-electron chi connectivity index (χ1n) is 8.20. The largest absolute Gasteiger partial charge is 0.493 e. The lowest BCUT2D eigenvalue weighted by atomic mass is 10.1. The summed E-state index contributed by atoms with van der Waals surface area (Å²) in [5, 5.41) is 11.8. The quantitative estimate of drug-likeness (QED) is 0.828. The molecule has 0 radical (unpaired) electrons. The topological polar surface area (TPSA) is 74.6 Å². The van der Waals surface area contributed by atoms with Crippen molar-refractivity contribution >= 4 is 11.6 Å². The van der Waals surface area contributed by atoms with Crippen molar-refractivity contribution < 1.29 is 14.3 Å². The predicted molar refractivity (Wildman–Crippen MR) is 100 cm³/mol. The number of methoxy groups -OCH3 is 2. The molecule has 1 N–H and O–H groups in total. The summed E-state index contributed by atoms with van der Waals surface area (Å²) in [5.74, 6) is 1.19. The molecule has 0 saturated carbocycles. The van der Waals surface area contributed by atoms with Gasteiger partial charge in [0.25, 0.3) is 0 Å². The number of likely N-dealkylation sites (N-methyl/N-ethyl adjacent to an activating group) is 1. The number of carbonyl (C=O) groups excluding carboxylic acids is 1. The third kappa shape index (κ3) is 4.74. The Labute approximate surface area is 153 Å². The molecule has 136 valence electrons. The van der Waals surface area contributed by atoms with Gasteiger partial charge in [-0.15, -0.1) is 0 Å². The minimum absolute atomic E-state index is 0.136. The van der Waals surface area contributed by atoms with Crippen LogP contribution < -0.4 is 14.8 Å². The molecule has 2 rings (SSSR count). The van der Waals surface area contributed by atoms with Crippen LogP contribution >= 0.6 is 0 Å². The van der Waals surface area contributed by atoms with Crippen molar-refractivity contribution in [3.8, 4) is 17.6 Å². The minimum Gasteiger partial charge on any atom is -0.493 e. The van der Waals surface area contributed by atoms with Gasteiger partial charge in [0.2, 0.25) is 5.91 Å². The van der Waals surface area contributed by atoms with Crippen LogP contribution in [0.4, 0.5) is 5.69 Å². The van der Waals surface area contributed by atoms with Gasteiger partial charge in [0.05, 0.1) is 31.9 Å². The smallest absolute Gasteiger partial charge is 0.241 e. The highest BCUT2D eigenvalue weighted by Gasteiger charge is 2.19. The average molecular weight is 353 g/mol. The first-order valence-corrected chi connectivity index (χ1v) is 8.20. The number of nitrogens with one attached hydrogen (secondary N) is 1. The summed E-state index contributed by atoms with van der Waals surface area (Å²) in [6.07, 6.45) is 0. The van der Waals surface area contributed by atoms with Crippen LogP contribution in [0.5, 0.6) is 11.5 Å². The molecule has 6 nitrogen and oxygen atoms in total. The lowest BCUT2D eigenvalue weighted by Gasteiger charge is -2.24. The second-order valence-electron chi connectivity index (χ2n) is 5.96. The van der Waals surface area contributed by atoms with E-state index in [2.05, 4.69) is 11.4 Å². The maximum atomic E-state index is 12.5. The molecule has 2 aromatic carbocycles. The van der Waals surface area contributed by atoms with Gasteiger partial charge in [-0.3, -0.25) is 9.69 Å². The van der Waals surface area contributed by atoms with Crippen LogP contribution in [0.1, 0.15) is 18.1 Å². The first kappa shape index (κ1) is 19.3. The van der Waals surface area contributed by atoms with Crippen LogP contribution in [0.15, 0.2) is 42.5 Å². The fraction of sp³-hybridized carbons (Fsp3) is 0.300. The fourth-order valence-corrected chi connectivity index (χ4v) is 2.52. The summed E-state index contributed by atoms with van der Waals surface area (Å²) in [5.41, 5.74) is 2.13. The number of anilines is 1. The van der Waals surface area contributed by atoms with E-state index in [-0.39, 0.29) is 11.9 Å². The van der Waals surface area contributed by atoms with Crippen LogP contribution in [-0.2, 0) is 11.3 Å². The molecule has 0 unspecified atom stereocenters. The average Bonchev–Trinajstić information content (AvgIpc) is 2.67. The maximum Gasteiger partial charge on any atom is 0.241 e. The summed E-state index contributed by atoms with van der Waals surface area (Å²) >= 11 is 0. The van der Waals surface area contributed by atoms with Gasteiger partial charge in [0.15, 0.2) is 11.5 Å². The number of benzene rings is 2. The molecule has 26 heavy (non-hydrogen) atoms. The normalized spacial score (nSPS) is 11.5. The summed E-state index contributed by atoms with van der Waals surface area (Å²) in [6, 6.07) is 14.3. The van der Waals surface area contributed by atoms with Crippen LogP contribution in [0.25, 0.3) is 0 Å². The Morgan fingerprint density at radius 2 is 1.92 bits per heavy atom. The van der Waals surface area contributed by atoms with E-state index in [1.807, 2.05) is 37.1 Å². The predicted octanol–water partition coefficient (Wildman–Crippen LogP) is 3.03. The van der Waals surface area contributed by atoms with Gasteiger partial charge in [-0.25, -0.2) is 0 Å². The third-order valence-electron chi connectivity index (χ3n) is 4.18. The maximum absolute atomic E-state index is 12.5. The number of nitriles is 1. The Morgan fingerprint density at radius 1 is 1.19 bits per heavy atom.